The molecule has 3 N–H and O–H groups in total. The van der Waals surface area contributed by atoms with Crippen LogP contribution in [0.1, 0.15) is 0 Å². The number of aliphatic hydroxyl groups excluding tert-OH is 3. The summed E-state index contributed by atoms with van der Waals surface area (Å²) in [5.41, 5.74) is 0. The molecular formula is C13H15NO5S. The molecule has 1 aliphatic heterocycles. The lowest BCUT2D eigenvalue weighted by Crippen LogP contribution is -2.59. The molecule has 0 amide bonds. The Labute approximate surface area is 121 Å². The van der Waals surface area contributed by atoms with Gasteiger partial charge < -0.3 is 24.8 Å². The fourth-order valence-corrected chi connectivity index (χ4v) is 2.14. The van der Waals surface area contributed by atoms with E-state index in [0.29, 0.717) is 5.75 Å². The Morgan fingerprint density at radius 3 is 2.55 bits per heavy atom. The van der Waals surface area contributed by atoms with E-state index in [2.05, 4.69) is 22.4 Å². The molecule has 108 valence electrons. The summed E-state index contributed by atoms with van der Waals surface area (Å²) in [6, 6.07) is 7.87. The number of para-hydroxylation sites is 1. The molecule has 0 radical (unpaired) electrons. The van der Waals surface area contributed by atoms with Crippen molar-refractivity contribution >= 4 is 17.4 Å². The molecule has 1 aromatic carbocycles. The van der Waals surface area contributed by atoms with E-state index in [1.165, 1.54) is 0 Å². The summed E-state index contributed by atoms with van der Waals surface area (Å²) < 4.78 is 10.9. The standard InChI is InChI=1S/C13H15NO5S/c15-6-9-10(14-7-20)11(16)12(17)13(19-9)18-8-4-2-1-3-5-8/h1-5,9-13,15-17H,6H2/t9-,10-,11+,12+,13+/m1/s1. The highest BCUT2D eigenvalue weighted by atomic mass is 32.1. The Bertz CT molecular complexity index is 477. The molecule has 6 nitrogen and oxygen atoms in total. The van der Waals surface area contributed by atoms with E-state index in [1.807, 2.05) is 6.07 Å². The molecule has 0 saturated carbocycles. The average Bonchev–Trinajstić information content (AvgIpc) is 2.48. The molecule has 1 aromatic rings. The van der Waals surface area contributed by atoms with E-state index >= 15 is 0 Å². The topological polar surface area (TPSA) is 91.5 Å². The van der Waals surface area contributed by atoms with Crippen LogP contribution < -0.4 is 4.74 Å². The van der Waals surface area contributed by atoms with E-state index < -0.39 is 30.6 Å². The molecule has 1 fully saturated rings. The van der Waals surface area contributed by atoms with Crippen LogP contribution in [0.4, 0.5) is 0 Å². The van der Waals surface area contributed by atoms with Gasteiger partial charge in [0, 0.05) is 0 Å². The molecule has 20 heavy (non-hydrogen) atoms. The highest BCUT2D eigenvalue weighted by Gasteiger charge is 2.45. The molecule has 0 aromatic heterocycles. The highest BCUT2D eigenvalue weighted by molar-refractivity contribution is 7.78. The molecule has 1 aliphatic rings. The number of nitrogens with zero attached hydrogens (tertiary/aromatic N) is 1. The van der Waals surface area contributed by atoms with E-state index in [0.717, 1.165) is 0 Å². The first-order valence-corrected chi connectivity index (χ1v) is 6.49. The van der Waals surface area contributed by atoms with Crippen LogP contribution in [0, 0.1) is 0 Å². The van der Waals surface area contributed by atoms with Crippen LogP contribution in [0.25, 0.3) is 0 Å². The molecule has 0 unspecified atom stereocenters. The van der Waals surface area contributed by atoms with Crippen molar-refractivity contribution in [2.24, 2.45) is 4.99 Å². The van der Waals surface area contributed by atoms with E-state index in [9.17, 15) is 15.3 Å². The first-order valence-electron chi connectivity index (χ1n) is 6.08. The lowest BCUT2D eigenvalue weighted by Gasteiger charge is -2.39. The quantitative estimate of drug-likeness (QED) is 0.534. The number of isothiocyanates is 1. The maximum absolute atomic E-state index is 10.0. The minimum absolute atomic E-state index is 0.385. The molecule has 1 heterocycles. The number of aliphatic imine (C=N–C) groups is 1. The van der Waals surface area contributed by atoms with Crippen molar-refractivity contribution in [2.75, 3.05) is 6.61 Å². The van der Waals surface area contributed by atoms with Gasteiger partial charge in [0.05, 0.1) is 11.8 Å². The summed E-state index contributed by atoms with van der Waals surface area (Å²) >= 11 is 4.48. The Hall–Kier alpha value is -1.34. The average molecular weight is 297 g/mol. The molecule has 7 heteroatoms. The van der Waals surface area contributed by atoms with E-state index in [-0.39, 0.29) is 6.61 Å². The fourth-order valence-electron chi connectivity index (χ4n) is 2.02. The van der Waals surface area contributed by atoms with Gasteiger partial charge in [-0.15, -0.1) is 0 Å². The zero-order valence-corrected chi connectivity index (χ0v) is 11.3. The molecule has 0 spiro atoms. The predicted molar refractivity (Wildman–Crippen MR) is 73.6 cm³/mol. The zero-order chi connectivity index (χ0) is 14.5. The monoisotopic (exact) mass is 297 g/mol. The largest absolute Gasteiger partial charge is 0.462 e. The van der Waals surface area contributed by atoms with E-state index in [4.69, 9.17) is 9.47 Å². The highest BCUT2D eigenvalue weighted by Crippen LogP contribution is 2.25. The van der Waals surface area contributed by atoms with Crippen LogP contribution in [-0.4, -0.2) is 57.7 Å². The minimum Gasteiger partial charge on any atom is -0.462 e. The van der Waals surface area contributed by atoms with Gasteiger partial charge in [-0.25, -0.2) is 4.99 Å². The first kappa shape index (κ1) is 15.1. The minimum atomic E-state index is -1.31. The van der Waals surface area contributed by atoms with Gasteiger partial charge in [-0.1, -0.05) is 18.2 Å². The summed E-state index contributed by atoms with van der Waals surface area (Å²) in [4.78, 5) is 3.72. The smallest absolute Gasteiger partial charge is 0.229 e. The number of benzene rings is 1. The van der Waals surface area contributed by atoms with Crippen LogP contribution in [0.2, 0.25) is 0 Å². The van der Waals surface area contributed by atoms with Crippen LogP contribution in [-0.2, 0) is 4.74 Å². The van der Waals surface area contributed by atoms with Crippen molar-refractivity contribution in [2.45, 2.75) is 30.6 Å². The van der Waals surface area contributed by atoms with Crippen molar-refractivity contribution < 1.29 is 24.8 Å². The summed E-state index contributed by atoms with van der Waals surface area (Å²) in [5.74, 6) is 0.484. The van der Waals surface area contributed by atoms with Gasteiger partial charge in [-0.2, -0.15) is 0 Å². The van der Waals surface area contributed by atoms with Gasteiger partial charge in [0.1, 0.15) is 30.1 Å². The normalized spacial score (nSPS) is 33.2. The van der Waals surface area contributed by atoms with Gasteiger partial charge in [-0.05, 0) is 24.4 Å². The van der Waals surface area contributed by atoms with E-state index in [1.54, 1.807) is 24.3 Å². The second-order valence-corrected chi connectivity index (χ2v) is 4.53. The second kappa shape index (κ2) is 6.90. The number of hydrogen-bond acceptors (Lipinski definition) is 7. The summed E-state index contributed by atoms with van der Waals surface area (Å²) in [6.45, 7) is -0.385. The van der Waals surface area contributed by atoms with Gasteiger partial charge in [0.2, 0.25) is 6.29 Å². The van der Waals surface area contributed by atoms with Crippen LogP contribution in [0.3, 0.4) is 0 Å². The number of hydrogen-bond donors (Lipinski definition) is 3. The van der Waals surface area contributed by atoms with Crippen molar-refractivity contribution in [3.63, 3.8) is 0 Å². The molecule has 1 saturated heterocycles. The Kier molecular flexibility index (Phi) is 5.19. The Morgan fingerprint density at radius 2 is 1.95 bits per heavy atom. The predicted octanol–water partition coefficient (Wildman–Crippen LogP) is -0.0242. The third-order valence-corrected chi connectivity index (χ3v) is 3.15. The Balaban J connectivity index is 2.14. The number of rotatable bonds is 4. The molecular weight excluding hydrogens is 282 g/mol. The lowest BCUT2D eigenvalue weighted by atomic mass is 9.97. The van der Waals surface area contributed by atoms with Gasteiger partial charge in [0.15, 0.2) is 0 Å². The third-order valence-electron chi connectivity index (χ3n) is 3.05. The first-order chi connectivity index (χ1) is 9.67. The van der Waals surface area contributed by atoms with Gasteiger partial charge >= 0.3 is 0 Å². The molecule has 0 bridgehead atoms. The van der Waals surface area contributed by atoms with Gasteiger partial charge in [0.25, 0.3) is 0 Å². The molecule has 5 atom stereocenters. The third kappa shape index (κ3) is 3.21. The lowest BCUT2D eigenvalue weighted by molar-refractivity contribution is -0.247. The van der Waals surface area contributed by atoms with Gasteiger partial charge in [-0.3, -0.25) is 0 Å². The van der Waals surface area contributed by atoms with Crippen molar-refractivity contribution in [3.8, 4) is 5.75 Å². The maximum Gasteiger partial charge on any atom is 0.229 e. The summed E-state index contributed by atoms with van der Waals surface area (Å²) in [6.07, 6.45) is -4.49. The molecule has 0 aliphatic carbocycles. The SMILES string of the molecule is OC[C@H]1O[C@H](Oc2ccccc2)[C@@H](O)[C@@H](O)[C@@H]1N=C=S. The zero-order valence-electron chi connectivity index (χ0n) is 10.5. The van der Waals surface area contributed by atoms with Crippen molar-refractivity contribution in [1.82, 2.24) is 0 Å². The number of aliphatic hydroxyl groups is 3. The number of ether oxygens (including phenoxy) is 2. The maximum atomic E-state index is 10.0. The Morgan fingerprint density at radius 1 is 1.25 bits per heavy atom. The van der Waals surface area contributed by atoms with Crippen molar-refractivity contribution in [1.29, 1.82) is 0 Å². The van der Waals surface area contributed by atoms with Crippen LogP contribution in [0.5, 0.6) is 5.75 Å². The summed E-state index contributed by atoms with van der Waals surface area (Å²) in [5, 5.41) is 31.4. The van der Waals surface area contributed by atoms with Crippen molar-refractivity contribution in [3.05, 3.63) is 30.3 Å². The summed E-state index contributed by atoms with van der Waals surface area (Å²) in [7, 11) is 0. The second-order valence-electron chi connectivity index (χ2n) is 4.35. The molecule has 2 rings (SSSR count). The number of thiocarbonyl (C=S) groups is 1. The van der Waals surface area contributed by atoms with Crippen LogP contribution in [0.15, 0.2) is 35.3 Å². The fraction of sp³-hybridized carbons (Fsp3) is 0.462. The van der Waals surface area contributed by atoms with Crippen LogP contribution >= 0.6 is 12.2 Å².